The maximum absolute atomic E-state index is 12.4. The van der Waals surface area contributed by atoms with Gasteiger partial charge in [0.15, 0.2) is 11.6 Å². The molecule has 5 heteroatoms. The van der Waals surface area contributed by atoms with E-state index in [1.54, 1.807) is 54.6 Å². The number of anilines is 1. The third-order valence-corrected chi connectivity index (χ3v) is 4.83. The predicted octanol–water partition coefficient (Wildman–Crippen LogP) is 5.75. The van der Waals surface area contributed by atoms with Crippen LogP contribution in [0.4, 0.5) is 5.69 Å². The van der Waals surface area contributed by atoms with Crippen molar-refractivity contribution in [2.75, 3.05) is 5.32 Å². The molecule has 1 N–H and O–H groups in total. The predicted molar refractivity (Wildman–Crippen MR) is 115 cm³/mol. The average Bonchev–Trinajstić information content (AvgIpc) is 2.72. The lowest BCUT2D eigenvalue weighted by Gasteiger charge is -2.07. The summed E-state index contributed by atoms with van der Waals surface area (Å²) in [6.07, 6.45) is 0.188. The van der Waals surface area contributed by atoms with E-state index < -0.39 is 0 Å². The first kappa shape index (κ1) is 20.5. The number of hydrogen-bond donors (Lipinski definition) is 1. The maximum Gasteiger partial charge on any atom is 0.255 e. The molecule has 29 heavy (non-hydrogen) atoms. The van der Waals surface area contributed by atoms with Gasteiger partial charge in [0, 0.05) is 35.2 Å². The number of carbonyl (C=O) groups excluding carboxylic acids is 3. The maximum atomic E-state index is 12.4. The van der Waals surface area contributed by atoms with Crippen molar-refractivity contribution >= 4 is 34.8 Å². The molecule has 0 atom stereocenters. The van der Waals surface area contributed by atoms with Gasteiger partial charge in [0.1, 0.15) is 0 Å². The number of halogens is 1. The van der Waals surface area contributed by atoms with Crippen LogP contribution >= 0.6 is 11.6 Å². The van der Waals surface area contributed by atoms with Crippen LogP contribution in [-0.2, 0) is 0 Å². The highest BCUT2D eigenvalue weighted by Gasteiger charge is 2.13. The van der Waals surface area contributed by atoms with Crippen molar-refractivity contribution in [3.8, 4) is 0 Å². The Balaban J connectivity index is 1.58. The molecule has 3 aromatic rings. The molecule has 146 valence electrons. The highest BCUT2D eigenvalue weighted by Crippen LogP contribution is 2.19. The molecular formula is C24H20ClNO3. The summed E-state index contributed by atoms with van der Waals surface area (Å²) in [5.41, 5.74) is 3.09. The van der Waals surface area contributed by atoms with E-state index in [0.29, 0.717) is 27.4 Å². The van der Waals surface area contributed by atoms with E-state index in [2.05, 4.69) is 5.32 Å². The standard InChI is InChI=1S/C24H20ClNO3/c1-16-5-4-6-18(15-16)24(29)26-19-11-9-17(10-12-19)22(27)13-14-23(28)20-7-2-3-8-21(20)25/h2-12,15H,13-14H2,1H3,(H,26,29). The molecule has 0 aliphatic carbocycles. The van der Waals surface area contributed by atoms with Crippen molar-refractivity contribution in [1.82, 2.24) is 0 Å². The third-order valence-electron chi connectivity index (χ3n) is 4.50. The number of carbonyl (C=O) groups is 3. The number of rotatable bonds is 7. The molecule has 0 heterocycles. The highest BCUT2D eigenvalue weighted by atomic mass is 35.5. The van der Waals surface area contributed by atoms with Crippen LogP contribution in [0.3, 0.4) is 0 Å². The van der Waals surface area contributed by atoms with Crippen molar-refractivity contribution in [3.05, 3.63) is 100 Å². The molecule has 0 bridgehead atoms. The second-order valence-corrected chi connectivity index (χ2v) is 7.13. The topological polar surface area (TPSA) is 63.2 Å². The Bertz CT molecular complexity index is 1060. The second kappa shape index (κ2) is 9.30. The van der Waals surface area contributed by atoms with Gasteiger partial charge in [-0.2, -0.15) is 0 Å². The fraction of sp³-hybridized carbons (Fsp3) is 0.125. The molecule has 3 aromatic carbocycles. The van der Waals surface area contributed by atoms with Crippen LogP contribution in [0.5, 0.6) is 0 Å². The average molecular weight is 406 g/mol. The van der Waals surface area contributed by atoms with E-state index in [1.165, 1.54) is 0 Å². The fourth-order valence-corrected chi connectivity index (χ4v) is 3.16. The van der Waals surface area contributed by atoms with Gasteiger partial charge in [-0.3, -0.25) is 14.4 Å². The summed E-state index contributed by atoms with van der Waals surface area (Å²) in [6.45, 7) is 1.92. The Morgan fingerprint density at radius 3 is 2.17 bits per heavy atom. The number of hydrogen-bond acceptors (Lipinski definition) is 3. The second-order valence-electron chi connectivity index (χ2n) is 6.73. The molecule has 0 aromatic heterocycles. The minimum atomic E-state index is -0.210. The monoisotopic (exact) mass is 405 g/mol. The smallest absolute Gasteiger partial charge is 0.255 e. The lowest BCUT2D eigenvalue weighted by molar-refractivity contribution is 0.0917. The van der Waals surface area contributed by atoms with Gasteiger partial charge in [0.2, 0.25) is 0 Å². The Morgan fingerprint density at radius 1 is 0.793 bits per heavy atom. The van der Waals surface area contributed by atoms with Gasteiger partial charge in [-0.15, -0.1) is 0 Å². The fourth-order valence-electron chi connectivity index (χ4n) is 2.92. The molecule has 0 aliphatic heterocycles. The van der Waals surface area contributed by atoms with E-state index in [0.717, 1.165) is 5.56 Å². The largest absolute Gasteiger partial charge is 0.322 e. The van der Waals surface area contributed by atoms with E-state index in [9.17, 15) is 14.4 Å². The van der Waals surface area contributed by atoms with Crippen molar-refractivity contribution in [3.63, 3.8) is 0 Å². The SMILES string of the molecule is Cc1cccc(C(=O)Nc2ccc(C(=O)CCC(=O)c3ccccc3Cl)cc2)c1. The van der Waals surface area contributed by atoms with Crippen LogP contribution in [0.25, 0.3) is 0 Å². The lowest BCUT2D eigenvalue weighted by atomic mass is 10.0. The first-order chi connectivity index (χ1) is 13.9. The zero-order valence-electron chi connectivity index (χ0n) is 15.9. The summed E-state index contributed by atoms with van der Waals surface area (Å²) < 4.78 is 0. The van der Waals surface area contributed by atoms with Crippen LogP contribution in [0, 0.1) is 6.92 Å². The molecular weight excluding hydrogens is 386 g/mol. The molecule has 4 nitrogen and oxygen atoms in total. The van der Waals surface area contributed by atoms with Crippen molar-refractivity contribution in [2.24, 2.45) is 0 Å². The van der Waals surface area contributed by atoms with Gasteiger partial charge in [-0.1, -0.05) is 41.4 Å². The van der Waals surface area contributed by atoms with Crippen LogP contribution < -0.4 is 5.32 Å². The van der Waals surface area contributed by atoms with E-state index in [4.69, 9.17) is 11.6 Å². The van der Waals surface area contributed by atoms with Crippen LogP contribution in [0.2, 0.25) is 5.02 Å². The summed E-state index contributed by atoms with van der Waals surface area (Å²) in [5.74, 6) is -0.508. The van der Waals surface area contributed by atoms with Gasteiger partial charge in [-0.25, -0.2) is 0 Å². The molecule has 0 radical (unpaired) electrons. The summed E-state index contributed by atoms with van der Waals surface area (Å²) in [4.78, 5) is 36.9. The lowest BCUT2D eigenvalue weighted by Crippen LogP contribution is -2.12. The van der Waals surface area contributed by atoms with E-state index in [-0.39, 0.29) is 30.3 Å². The van der Waals surface area contributed by atoms with Crippen molar-refractivity contribution < 1.29 is 14.4 Å². The Kier molecular flexibility index (Phi) is 6.57. The molecule has 0 saturated carbocycles. The van der Waals surface area contributed by atoms with Crippen molar-refractivity contribution in [2.45, 2.75) is 19.8 Å². The van der Waals surface area contributed by atoms with Gasteiger partial charge in [0.25, 0.3) is 5.91 Å². The minimum absolute atomic E-state index is 0.0917. The van der Waals surface area contributed by atoms with E-state index in [1.807, 2.05) is 25.1 Å². The number of nitrogens with one attached hydrogen (secondary N) is 1. The first-order valence-electron chi connectivity index (χ1n) is 9.23. The molecule has 1 amide bonds. The van der Waals surface area contributed by atoms with Crippen LogP contribution in [0.1, 0.15) is 49.5 Å². The number of Topliss-reactive ketones (excluding diaryl/α,β-unsaturated/α-hetero) is 2. The Labute approximate surface area is 174 Å². The van der Waals surface area contributed by atoms with Crippen LogP contribution in [0.15, 0.2) is 72.8 Å². The zero-order chi connectivity index (χ0) is 20.8. The third kappa shape index (κ3) is 5.39. The summed E-state index contributed by atoms with van der Waals surface area (Å²) in [7, 11) is 0. The highest BCUT2D eigenvalue weighted by molar-refractivity contribution is 6.34. The number of ketones is 2. The Hall–Kier alpha value is -3.24. The zero-order valence-corrected chi connectivity index (χ0v) is 16.7. The van der Waals surface area contributed by atoms with E-state index >= 15 is 0 Å². The number of aryl methyl sites for hydroxylation is 1. The summed E-state index contributed by atoms with van der Waals surface area (Å²) in [5, 5.41) is 3.20. The molecule has 0 fully saturated rings. The van der Waals surface area contributed by atoms with Gasteiger partial charge >= 0.3 is 0 Å². The molecule has 0 saturated heterocycles. The van der Waals surface area contributed by atoms with Gasteiger partial charge in [-0.05, 0) is 55.5 Å². The Morgan fingerprint density at radius 2 is 1.48 bits per heavy atom. The van der Waals surface area contributed by atoms with Crippen molar-refractivity contribution in [1.29, 1.82) is 0 Å². The first-order valence-corrected chi connectivity index (χ1v) is 9.61. The summed E-state index contributed by atoms with van der Waals surface area (Å²) in [6, 6.07) is 20.8. The minimum Gasteiger partial charge on any atom is -0.322 e. The number of amides is 1. The van der Waals surface area contributed by atoms with Crippen LogP contribution in [-0.4, -0.2) is 17.5 Å². The van der Waals surface area contributed by atoms with Gasteiger partial charge in [0.05, 0.1) is 5.02 Å². The normalized spacial score (nSPS) is 10.4. The summed E-state index contributed by atoms with van der Waals surface area (Å²) >= 11 is 6.02. The molecule has 0 unspecified atom stereocenters. The van der Waals surface area contributed by atoms with Gasteiger partial charge < -0.3 is 5.32 Å². The quantitative estimate of drug-likeness (QED) is 0.509. The number of benzene rings is 3. The molecule has 0 aliphatic rings. The molecule has 0 spiro atoms. The molecule has 3 rings (SSSR count).